The van der Waals surface area contributed by atoms with Gasteiger partial charge in [-0.2, -0.15) is 0 Å². The predicted molar refractivity (Wildman–Crippen MR) is 101 cm³/mol. The van der Waals surface area contributed by atoms with Gasteiger partial charge in [-0.25, -0.2) is 4.79 Å². The number of carbonyl (C=O) groups excluding carboxylic acids is 1. The Morgan fingerprint density at radius 1 is 1.07 bits per heavy atom. The molecule has 1 N–H and O–H groups in total. The number of aliphatic hydroxyl groups excluding tert-OH is 1. The third-order valence-electron chi connectivity index (χ3n) is 4.52. The van der Waals surface area contributed by atoms with Crippen molar-refractivity contribution in [3.8, 4) is 17.2 Å². The number of benzene rings is 2. The van der Waals surface area contributed by atoms with Crippen LogP contribution in [0, 0.1) is 0 Å². The van der Waals surface area contributed by atoms with E-state index in [0.717, 1.165) is 0 Å². The maximum Gasteiger partial charge on any atom is 0.343 e. The fraction of sp³-hybridized carbons (Fsp3) is 0.381. The minimum atomic E-state index is -1.04. The standard InChI is InChI=1S/C21H24O7/c1-4-26-9-10-27-14-7-5-13(6-8-14)19(22)20-16-11-15(24-2)12-17(25-3)18(16)21(23)28-20/h5-8,11-12,19-20,22H,4,9-10H2,1-3H3. The first-order valence-corrected chi connectivity index (χ1v) is 9.04. The van der Waals surface area contributed by atoms with E-state index in [1.807, 2.05) is 6.92 Å². The van der Waals surface area contributed by atoms with Crippen molar-refractivity contribution < 1.29 is 33.6 Å². The number of aliphatic hydroxyl groups is 1. The molecule has 2 unspecified atom stereocenters. The van der Waals surface area contributed by atoms with Gasteiger partial charge in [0.15, 0.2) is 6.10 Å². The van der Waals surface area contributed by atoms with Crippen LogP contribution in [0.1, 0.15) is 40.6 Å². The van der Waals surface area contributed by atoms with Gasteiger partial charge in [0.1, 0.15) is 35.5 Å². The number of methoxy groups -OCH3 is 2. The van der Waals surface area contributed by atoms with E-state index < -0.39 is 18.2 Å². The first-order valence-electron chi connectivity index (χ1n) is 9.04. The average Bonchev–Trinajstić information content (AvgIpc) is 3.07. The molecule has 1 aliphatic rings. The van der Waals surface area contributed by atoms with Crippen LogP contribution in [0.4, 0.5) is 0 Å². The maximum absolute atomic E-state index is 12.3. The molecule has 0 saturated heterocycles. The maximum atomic E-state index is 12.3. The van der Waals surface area contributed by atoms with Gasteiger partial charge in [0.05, 0.1) is 20.8 Å². The summed E-state index contributed by atoms with van der Waals surface area (Å²) in [6.07, 6.45) is -1.89. The lowest BCUT2D eigenvalue weighted by molar-refractivity contribution is -0.0103. The summed E-state index contributed by atoms with van der Waals surface area (Å²) in [6.45, 7) is 3.53. The van der Waals surface area contributed by atoms with Gasteiger partial charge in [-0.1, -0.05) is 12.1 Å². The van der Waals surface area contributed by atoms with Crippen LogP contribution >= 0.6 is 0 Å². The SMILES string of the molecule is CCOCCOc1ccc(C(O)C2OC(=O)c3c(OC)cc(OC)cc32)cc1. The second-order valence-electron chi connectivity index (χ2n) is 6.18. The Bertz CT molecular complexity index is 816. The molecule has 0 aromatic heterocycles. The Kier molecular flexibility index (Phi) is 6.38. The highest BCUT2D eigenvalue weighted by atomic mass is 16.6. The van der Waals surface area contributed by atoms with Crippen LogP contribution in [0.3, 0.4) is 0 Å². The van der Waals surface area contributed by atoms with E-state index >= 15 is 0 Å². The molecule has 2 atom stereocenters. The van der Waals surface area contributed by atoms with Gasteiger partial charge in [0.2, 0.25) is 0 Å². The molecule has 3 rings (SSSR count). The van der Waals surface area contributed by atoms with Gasteiger partial charge in [-0.05, 0) is 30.7 Å². The summed E-state index contributed by atoms with van der Waals surface area (Å²) >= 11 is 0. The lowest BCUT2D eigenvalue weighted by Gasteiger charge is -2.19. The highest BCUT2D eigenvalue weighted by Crippen LogP contribution is 2.45. The van der Waals surface area contributed by atoms with Crippen LogP contribution in [0.15, 0.2) is 36.4 Å². The number of rotatable bonds is 9. The van der Waals surface area contributed by atoms with Gasteiger partial charge in [0, 0.05) is 18.2 Å². The number of carbonyl (C=O) groups is 1. The molecular formula is C21H24O7. The molecule has 1 aliphatic heterocycles. The molecular weight excluding hydrogens is 364 g/mol. The second-order valence-corrected chi connectivity index (χ2v) is 6.18. The third-order valence-corrected chi connectivity index (χ3v) is 4.52. The van der Waals surface area contributed by atoms with E-state index in [9.17, 15) is 9.90 Å². The van der Waals surface area contributed by atoms with Gasteiger partial charge < -0.3 is 28.8 Å². The zero-order chi connectivity index (χ0) is 20.1. The van der Waals surface area contributed by atoms with E-state index in [1.54, 1.807) is 36.4 Å². The van der Waals surface area contributed by atoms with Crippen molar-refractivity contribution in [1.29, 1.82) is 0 Å². The Morgan fingerprint density at radius 3 is 2.46 bits per heavy atom. The van der Waals surface area contributed by atoms with Crippen LogP contribution in [0.25, 0.3) is 0 Å². The Balaban J connectivity index is 1.79. The van der Waals surface area contributed by atoms with E-state index in [2.05, 4.69) is 0 Å². The van der Waals surface area contributed by atoms with Crippen molar-refractivity contribution in [2.75, 3.05) is 34.0 Å². The summed E-state index contributed by atoms with van der Waals surface area (Å²) in [5.74, 6) is 1.01. The Hall–Kier alpha value is -2.77. The molecule has 0 bridgehead atoms. The summed E-state index contributed by atoms with van der Waals surface area (Å²) < 4.78 is 26.8. The van der Waals surface area contributed by atoms with Gasteiger partial charge in [0.25, 0.3) is 0 Å². The van der Waals surface area contributed by atoms with E-state index in [1.165, 1.54) is 14.2 Å². The zero-order valence-electron chi connectivity index (χ0n) is 16.1. The van der Waals surface area contributed by atoms with Gasteiger partial charge in [-0.15, -0.1) is 0 Å². The van der Waals surface area contributed by atoms with Crippen molar-refractivity contribution >= 4 is 5.97 Å². The smallest absolute Gasteiger partial charge is 0.343 e. The second kappa shape index (κ2) is 8.95. The Labute approximate surface area is 163 Å². The van der Waals surface area contributed by atoms with Crippen molar-refractivity contribution in [2.24, 2.45) is 0 Å². The van der Waals surface area contributed by atoms with Crippen LogP contribution < -0.4 is 14.2 Å². The molecule has 2 aromatic carbocycles. The van der Waals surface area contributed by atoms with Crippen molar-refractivity contribution in [3.63, 3.8) is 0 Å². The van der Waals surface area contributed by atoms with Crippen LogP contribution in [0.2, 0.25) is 0 Å². The molecule has 7 nitrogen and oxygen atoms in total. The number of fused-ring (bicyclic) bond motifs is 1. The summed E-state index contributed by atoms with van der Waals surface area (Å²) in [6, 6.07) is 10.3. The number of hydrogen-bond donors (Lipinski definition) is 1. The van der Waals surface area contributed by atoms with Crippen molar-refractivity contribution in [3.05, 3.63) is 53.1 Å². The fourth-order valence-electron chi connectivity index (χ4n) is 3.10. The monoisotopic (exact) mass is 388 g/mol. The van der Waals surface area contributed by atoms with Crippen molar-refractivity contribution in [1.82, 2.24) is 0 Å². The number of hydrogen-bond acceptors (Lipinski definition) is 7. The molecule has 0 fully saturated rings. The quantitative estimate of drug-likeness (QED) is 0.522. The van der Waals surface area contributed by atoms with E-state index in [0.29, 0.717) is 53.8 Å². The van der Waals surface area contributed by atoms with Crippen LogP contribution in [-0.4, -0.2) is 45.1 Å². The molecule has 2 aromatic rings. The molecule has 28 heavy (non-hydrogen) atoms. The Morgan fingerprint density at radius 2 is 1.82 bits per heavy atom. The summed E-state index contributed by atoms with van der Waals surface area (Å²) in [5.41, 5.74) is 1.44. The van der Waals surface area contributed by atoms with Gasteiger partial charge >= 0.3 is 5.97 Å². The van der Waals surface area contributed by atoms with Gasteiger partial charge in [-0.3, -0.25) is 0 Å². The zero-order valence-corrected chi connectivity index (χ0v) is 16.1. The molecule has 0 aliphatic carbocycles. The number of esters is 1. The van der Waals surface area contributed by atoms with E-state index in [4.69, 9.17) is 23.7 Å². The first-order chi connectivity index (χ1) is 13.6. The summed E-state index contributed by atoms with van der Waals surface area (Å²) in [4.78, 5) is 12.3. The van der Waals surface area contributed by atoms with E-state index in [-0.39, 0.29) is 0 Å². The average molecular weight is 388 g/mol. The molecule has 150 valence electrons. The third kappa shape index (κ3) is 4.05. The summed E-state index contributed by atoms with van der Waals surface area (Å²) in [7, 11) is 2.99. The lowest BCUT2D eigenvalue weighted by Crippen LogP contribution is -2.11. The van der Waals surface area contributed by atoms with Crippen molar-refractivity contribution in [2.45, 2.75) is 19.1 Å². The molecule has 0 saturated carbocycles. The summed E-state index contributed by atoms with van der Waals surface area (Å²) in [5, 5.41) is 10.8. The first kappa shape index (κ1) is 20.0. The molecule has 0 spiro atoms. The molecule has 0 amide bonds. The predicted octanol–water partition coefficient (Wildman–Crippen LogP) is 3.06. The van der Waals surface area contributed by atoms with Crippen LogP contribution in [-0.2, 0) is 9.47 Å². The lowest BCUT2D eigenvalue weighted by atomic mass is 9.96. The molecule has 1 heterocycles. The number of ether oxygens (including phenoxy) is 5. The highest BCUT2D eigenvalue weighted by Gasteiger charge is 2.39. The minimum Gasteiger partial charge on any atom is -0.497 e. The topological polar surface area (TPSA) is 83.5 Å². The minimum absolute atomic E-state index is 0.309. The van der Waals surface area contributed by atoms with Crippen LogP contribution in [0.5, 0.6) is 17.2 Å². The highest BCUT2D eigenvalue weighted by molar-refractivity contribution is 5.97. The number of cyclic esters (lactones) is 1. The fourth-order valence-corrected chi connectivity index (χ4v) is 3.10. The molecule has 0 radical (unpaired) electrons. The normalized spacial score (nSPS) is 16.3. The largest absolute Gasteiger partial charge is 0.497 e. The molecule has 7 heteroatoms.